The number of fused-ring (bicyclic) bond motifs is 1. The summed E-state index contributed by atoms with van der Waals surface area (Å²) in [4.78, 5) is 26.2. The predicted octanol–water partition coefficient (Wildman–Crippen LogP) is 3.17. The molecule has 0 amide bonds. The zero-order valence-electron chi connectivity index (χ0n) is 15.3. The van der Waals surface area contributed by atoms with Gasteiger partial charge in [-0.3, -0.25) is 9.59 Å². The summed E-state index contributed by atoms with van der Waals surface area (Å²) in [7, 11) is -4.18. The van der Waals surface area contributed by atoms with Gasteiger partial charge in [0.1, 0.15) is 6.04 Å². The molecule has 8 nitrogen and oxygen atoms in total. The van der Waals surface area contributed by atoms with Crippen LogP contribution >= 0.6 is 23.1 Å². The van der Waals surface area contributed by atoms with Crippen molar-refractivity contribution in [2.45, 2.75) is 54.3 Å². The number of sulfonamides is 1. The molecule has 0 saturated carbocycles. The number of aliphatic carboxylic acids is 2. The van der Waals surface area contributed by atoms with Gasteiger partial charge in [0.25, 0.3) is 0 Å². The molecule has 1 atom stereocenters. The maximum atomic E-state index is 12.5. The van der Waals surface area contributed by atoms with E-state index in [0.29, 0.717) is 10.2 Å². The zero-order valence-corrected chi connectivity index (χ0v) is 17.7. The molecule has 3 N–H and O–H groups in total. The third kappa shape index (κ3) is 6.43. The minimum absolute atomic E-state index is 0.125. The summed E-state index contributed by atoms with van der Waals surface area (Å²) < 4.78 is 28.4. The summed E-state index contributed by atoms with van der Waals surface area (Å²) in [5.41, 5.74) is 0.667. The lowest BCUT2D eigenvalue weighted by molar-refractivity contribution is -0.145. The van der Waals surface area contributed by atoms with Crippen LogP contribution < -0.4 is 4.72 Å². The molecule has 0 spiro atoms. The van der Waals surface area contributed by atoms with Crippen LogP contribution in [0.4, 0.5) is 0 Å². The molecule has 0 fully saturated rings. The summed E-state index contributed by atoms with van der Waals surface area (Å²) in [6.07, 6.45) is 3.79. The van der Waals surface area contributed by atoms with Gasteiger partial charge in [-0.25, -0.2) is 13.4 Å². The highest BCUT2D eigenvalue weighted by molar-refractivity contribution is 8.01. The molecule has 0 unspecified atom stereocenters. The van der Waals surface area contributed by atoms with E-state index in [1.54, 1.807) is 17.8 Å². The first-order valence-electron chi connectivity index (χ1n) is 8.73. The number of thioether (sulfide) groups is 1. The predicted molar refractivity (Wildman–Crippen MR) is 108 cm³/mol. The number of rotatable bonds is 12. The van der Waals surface area contributed by atoms with E-state index in [9.17, 15) is 18.0 Å². The zero-order chi connectivity index (χ0) is 20.7. The molecule has 1 heterocycles. The van der Waals surface area contributed by atoms with Crippen LogP contribution in [0.3, 0.4) is 0 Å². The number of unbranched alkanes of at least 4 members (excludes halogenated alkanes) is 3. The Bertz CT molecular complexity index is 942. The van der Waals surface area contributed by atoms with Crippen molar-refractivity contribution in [2.75, 3.05) is 5.75 Å². The number of carbonyl (C=O) groups is 2. The number of thiazole rings is 1. The topological polar surface area (TPSA) is 134 Å². The SMILES string of the molecule is CCCCCCSc1nc2ccc(S(=O)(=O)N[C@H](CC(=O)O)C(=O)O)cc2s1. The molecule has 0 aliphatic rings. The van der Waals surface area contributed by atoms with Crippen molar-refractivity contribution in [1.29, 1.82) is 0 Å². The molecular formula is C17H22N2O6S3. The third-order valence-electron chi connectivity index (χ3n) is 3.85. The Morgan fingerprint density at radius 2 is 2.00 bits per heavy atom. The molecule has 0 radical (unpaired) electrons. The van der Waals surface area contributed by atoms with Crippen molar-refractivity contribution < 1.29 is 28.2 Å². The summed E-state index contributed by atoms with van der Waals surface area (Å²) in [5.74, 6) is -2.01. The smallest absolute Gasteiger partial charge is 0.322 e. The first-order chi connectivity index (χ1) is 13.2. The van der Waals surface area contributed by atoms with Crippen LogP contribution in [0.25, 0.3) is 10.2 Å². The Hall–Kier alpha value is -1.69. The lowest BCUT2D eigenvalue weighted by Crippen LogP contribution is -2.42. The molecule has 0 saturated heterocycles. The van der Waals surface area contributed by atoms with Crippen molar-refractivity contribution in [3.05, 3.63) is 18.2 Å². The van der Waals surface area contributed by atoms with E-state index in [0.717, 1.165) is 16.5 Å². The van der Waals surface area contributed by atoms with Gasteiger partial charge in [-0.2, -0.15) is 4.72 Å². The summed E-state index contributed by atoms with van der Waals surface area (Å²) >= 11 is 3.01. The average Bonchev–Trinajstić information content (AvgIpc) is 3.02. The monoisotopic (exact) mass is 446 g/mol. The van der Waals surface area contributed by atoms with Crippen molar-refractivity contribution in [3.8, 4) is 0 Å². The van der Waals surface area contributed by atoms with Gasteiger partial charge in [0, 0.05) is 5.75 Å². The van der Waals surface area contributed by atoms with Crippen LogP contribution in [-0.2, 0) is 19.6 Å². The van der Waals surface area contributed by atoms with Gasteiger partial charge >= 0.3 is 11.9 Å². The number of aromatic nitrogens is 1. The highest BCUT2D eigenvalue weighted by Crippen LogP contribution is 2.31. The van der Waals surface area contributed by atoms with E-state index >= 15 is 0 Å². The van der Waals surface area contributed by atoms with Crippen molar-refractivity contribution in [1.82, 2.24) is 9.71 Å². The number of nitrogens with zero attached hydrogens (tertiary/aromatic N) is 1. The van der Waals surface area contributed by atoms with E-state index in [-0.39, 0.29) is 4.90 Å². The molecular weight excluding hydrogens is 424 g/mol. The van der Waals surface area contributed by atoms with Gasteiger partial charge in [0.2, 0.25) is 10.0 Å². The molecule has 0 aliphatic carbocycles. The number of benzene rings is 1. The van der Waals surface area contributed by atoms with Gasteiger partial charge in [-0.15, -0.1) is 11.3 Å². The first-order valence-corrected chi connectivity index (χ1v) is 12.0. The van der Waals surface area contributed by atoms with Gasteiger partial charge < -0.3 is 10.2 Å². The number of nitrogens with one attached hydrogen (secondary N) is 1. The van der Waals surface area contributed by atoms with E-state index in [1.165, 1.54) is 42.7 Å². The summed E-state index contributed by atoms with van der Waals surface area (Å²) in [6, 6.07) is 2.58. The highest BCUT2D eigenvalue weighted by atomic mass is 32.2. The average molecular weight is 447 g/mol. The molecule has 2 aromatic rings. The van der Waals surface area contributed by atoms with Crippen LogP contribution in [0.15, 0.2) is 27.4 Å². The Morgan fingerprint density at radius 1 is 1.25 bits per heavy atom. The van der Waals surface area contributed by atoms with Crippen LogP contribution in [0, 0.1) is 0 Å². The van der Waals surface area contributed by atoms with Crippen molar-refractivity contribution >= 4 is 55.3 Å². The fraction of sp³-hybridized carbons (Fsp3) is 0.471. The quantitative estimate of drug-likeness (QED) is 0.334. The second-order valence-electron chi connectivity index (χ2n) is 6.13. The maximum absolute atomic E-state index is 12.5. The lowest BCUT2D eigenvalue weighted by atomic mass is 10.2. The molecule has 1 aromatic heterocycles. The Kier molecular flexibility index (Phi) is 8.23. The van der Waals surface area contributed by atoms with Crippen LogP contribution in [-0.4, -0.2) is 47.3 Å². The summed E-state index contributed by atoms with van der Waals surface area (Å²) in [5, 5.41) is 17.8. The maximum Gasteiger partial charge on any atom is 0.322 e. The van der Waals surface area contributed by atoms with Crippen LogP contribution in [0.5, 0.6) is 0 Å². The molecule has 1 aromatic carbocycles. The second-order valence-corrected chi connectivity index (χ2v) is 10.2. The lowest BCUT2D eigenvalue weighted by Gasteiger charge is -2.12. The van der Waals surface area contributed by atoms with Gasteiger partial charge in [-0.1, -0.05) is 37.9 Å². The molecule has 2 rings (SSSR count). The second kappa shape index (κ2) is 10.2. The normalized spacial score (nSPS) is 12.9. The molecule has 0 bridgehead atoms. The van der Waals surface area contributed by atoms with E-state index in [2.05, 4.69) is 11.9 Å². The van der Waals surface area contributed by atoms with E-state index < -0.39 is 34.4 Å². The number of hydrogen-bond acceptors (Lipinski definition) is 7. The van der Waals surface area contributed by atoms with Crippen molar-refractivity contribution in [3.63, 3.8) is 0 Å². The fourth-order valence-electron chi connectivity index (χ4n) is 2.41. The Labute approximate surface area is 171 Å². The van der Waals surface area contributed by atoms with Gasteiger partial charge in [0.05, 0.1) is 21.5 Å². The number of hydrogen-bond donors (Lipinski definition) is 3. The number of carboxylic acids is 2. The highest BCUT2D eigenvalue weighted by Gasteiger charge is 2.28. The Morgan fingerprint density at radius 3 is 2.64 bits per heavy atom. The molecule has 0 aliphatic heterocycles. The molecule has 28 heavy (non-hydrogen) atoms. The van der Waals surface area contributed by atoms with E-state index in [1.807, 2.05) is 4.72 Å². The number of carboxylic acid groups (broad SMARTS) is 2. The van der Waals surface area contributed by atoms with E-state index in [4.69, 9.17) is 10.2 Å². The van der Waals surface area contributed by atoms with Crippen LogP contribution in [0.2, 0.25) is 0 Å². The minimum atomic E-state index is -4.18. The Balaban J connectivity index is 2.13. The molecule has 154 valence electrons. The summed E-state index contributed by atoms with van der Waals surface area (Å²) in [6.45, 7) is 2.15. The first kappa shape index (κ1) is 22.6. The minimum Gasteiger partial charge on any atom is -0.481 e. The fourth-order valence-corrected chi connectivity index (χ4v) is 5.88. The van der Waals surface area contributed by atoms with Crippen molar-refractivity contribution in [2.24, 2.45) is 0 Å². The van der Waals surface area contributed by atoms with Gasteiger partial charge in [0.15, 0.2) is 4.34 Å². The molecule has 11 heteroatoms. The third-order valence-corrected chi connectivity index (χ3v) is 7.57. The van der Waals surface area contributed by atoms with Gasteiger partial charge in [-0.05, 0) is 24.6 Å². The largest absolute Gasteiger partial charge is 0.481 e. The standard InChI is InChI=1S/C17H22N2O6S3/c1-2-3-4-5-8-26-17-18-12-7-6-11(9-14(12)27-17)28(24,25)19-13(16(22)23)10-15(20)21/h6-7,9,13,19H,2-5,8,10H2,1H3,(H,20,21)(H,22,23)/t13-/m1/s1. The van der Waals surface area contributed by atoms with Crippen LogP contribution in [0.1, 0.15) is 39.0 Å².